The van der Waals surface area contributed by atoms with Gasteiger partial charge in [0.1, 0.15) is 0 Å². The minimum Gasteiger partial charge on any atom is -0.486 e. The van der Waals surface area contributed by atoms with Crippen LogP contribution in [0.2, 0.25) is 17.3 Å². The number of pyridine rings is 1. The number of aromatic nitrogens is 3. The van der Waals surface area contributed by atoms with Gasteiger partial charge in [-0.2, -0.15) is 0 Å². The molecule has 0 N–H and O–H groups in total. The van der Waals surface area contributed by atoms with Crippen LogP contribution in [0, 0.1) is 31.0 Å². The van der Waals surface area contributed by atoms with Crippen LogP contribution in [0.3, 0.4) is 0 Å². The van der Waals surface area contributed by atoms with E-state index in [1.807, 2.05) is 18.2 Å². The summed E-state index contributed by atoms with van der Waals surface area (Å²) in [4.78, 5) is 10.2. The van der Waals surface area contributed by atoms with Crippen molar-refractivity contribution in [1.82, 2.24) is 14.5 Å². The van der Waals surface area contributed by atoms with Gasteiger partial charge >= 0.3 is 146 Å². The van der Waals surface area contributed by atoms with Gasteiger partial charge in [-0.3, -0.25) is 4.98 Å². The van der Waals surface area contributed by atoms with Crippen LogP contribution in [0.25, 0.3) is 72.1 Å². The molecule has 322 valence electrons. The monoisotopic (exact) mass is 1070 g/mol. The molecule has 0 saturated heterocycles. The summed E-state index contributed by atoms with van der Waals surface area (Å²) in [5.41, 5.74) is 14.2. The molecule has 0 bridgehead atoms. The van der Waals surface area contributed by atoms with E-state index < -0.39 is 13.3 Å². The second-order valence-corrected chi connectivity index (χ2v) is 29.9. The molecule has 0 fully saturated rings. The molecule has 0 aliphatic carbocycles. The van der Waals surface area contributed by atoms with E-state index in [0.717, 1.165) is 56.5 Å². The molecule has 0 atom stereocenters. The average molecular weight is 1070 g/mol. The number of furan rings is 1. The quantitative estimate of drug-likeness (QED) is 0.107. The second kappa shape index (κ2) is 18.7. The van der Waals surface area contributed by atoms with Gasteiger partial charge in [0.25, 0.3) is 0 Å². The van der Waals surface area contributed by atoms with Crippen molar-refractivity contribution in [3.8, 4) is 28.2 Å². The number of hydrogen-bond acceptors (Lipinski definition) is 3. The normalized spacial score (nSPS) is 12.0. The van der Waals surface area contributed by atoms with E-state index in [1.165, 1.54) is 44.3 Å². The summed E-state index contributed by atoms with van der Waals surface area (Å²) in [6.07, 6.45) is 1.16. The zero-order valence-corrected chi connectivity index (χ0v) is 43.5. The molecule has 0 radical (unpaired) electrons. The van der Waals surface area contributed by atoms with E-state index >= 15 is 0 Å². The topological polar surface area (TPSA) is 43.9 Å². The Balaban J connectivity index is 0.000000239. The van der Waals surface area contributed by atoms with Gasteiger partial charge in [-0.1, -0.05) is 82.8 Å². The fourth-order valence-corrected chi connectivity index (χ4v) is 12.4. The maximum absolute atomic E-state index is 6.57. The zero-order chi connectivity index (χ0) is 44.0. The second-order valence-electron chi connectivity index (χ2n) is 19.4. The summed E-state index contributed by atoms with van der Waals surface area (Å²) in [6, 6.07) is 49.1. The summed E-state index contributed by atoms with van der Waals surface area (Å²) in [7, 11) is 0. The van der Waals surface area contributed by atoms with E-state index in [0.29, 0.717) is 29.4 Å². The molecule has 63 heavy (non-hydrogen) atoms. The fourth-order valence-electron chi connectivity index (χ4n) is 8.93. The fraction of sp³-hybridized carbons (Fsp3) is 0.298. The van der Waals surface area contributed by atoms with Crippen LogP contribution in [0.4, 0.5) is 0 Å². The van der Waals surface area contributed by atoms with E-state index in [2.05, 4.69) is 193 Å². The number of aryl methyl sites for hydroxylation is 1. The summed E-state index contributed by atoms with van der Waals surface area (Å²) in [5.74, 6) is 9.82. The first-order valence-electron chi connectivity index (χ1n) is 22.4. The van der Waals surface area contributed by atoms with Gasteiger partial charge in [0, 0.05) is 16.8 Å². The van der Waals surface area contributed by atoms with Crippen LogP contribution in [-0.4, -0.2) is 27.8 Å². The first-order chi connectivity index (χ1) is 29.6. The van der Waals surface area contributed by atoms with Gasteiger partial charge in [-0.05, 0) is 82.5 Å². The number of rotatable bonds is 9. The largest absolute Gasteiger partial charge is 3.00 e. The van der Waals surface area contributed by atoms with Gasteiger partial charge in [0.05, 0.1) is 22.4 Å². The molecule has 3 aromatic heterocycles. The molecule has 6 heteroatoms. The van der Waals surface area contributed by atoms with Gasteiger partial charge in [0.15, 0.2) is 0 Å². The van der Waals surface area contributed by atoms with Crippen molar-refractivity contribution in [2.24, 2.45) is 5.92 Å². The Kier molecular flexibility index (Phi) is 13.7. The number of nitrogens with zero attached hydrogens (tertiary/aromatic N) is 3. The summed E-state index contributed by atoms with van der Waals surface area (Å²) >= 11 is -1.83. The third-order valence-corrected chi connectivity index (χ3v) is 16.3. The summed E-state index contributed by atoms with van der Waals surface area (Å²) in [5, 5.41) is 4.60. The first kappa shape index (κ1) is 46.2. The van der Waals surface area contributed by atoms with Crippen molar-refractivity contribution < 1.29 is 24.5 Å². The Morgan fingerprint density at radius 2 is 1.44 bits per heavy atom. The SMILES string of the molecule is CC(C)Cc1cc(-c2[c-]cccc2)[c-]c[c]1[Ge]([CH3])([CH3])[CH3].Cc1ccc2c(c1)nc(-c1[c-]ccc3c1oc1nc(C(C)C)ccc13)n2-c1c(C(C)C)cc2ccccc2c1C(C)C.[Ir+3]. The molecule has 9 rings (SSSR count). The van der Waals surface area contributed by atoms with Crippen LogP contribution in [0.1, 0.15) is 101 Å². The van der Waals surface area contributed by atoms with Crippen molar-refractivity contribution in [2.75, 3.05) is 0 Å². The van der Waals surface area contributed by atoms with Gasteiger partial charge in [0.2, 0.25) is 5.71 Å². The summed E-state index contributed by atoms with van der Waals surface area (Å²) < 4.78 is 10.5. The Hall–Kier alpha value is -4.81. The van der Waals surface area contributed by atoms with E-state index in [1.54, 1.807) is 4.40 Å². The number of imidazole rings is 1. The standard InChI is InChI=1S/C38H36N3O.C19H24Ge.Ir/c1-21(2)30-20-25-11-8-9-12-26(25)34(23(5)6)35(30)41-33-18-15-24(7)19-32(33)39-37(41)29-14-10-13-27-28-16-17-31(22(3)4)40-38(28)42-36(27)29;1-15(2)13-18-14-17(16-9-7-6-8-10-16)11-12-19(18)20(3,4)5;/h8-13,15-23H,1-7H3;6-9,12,14-15H,13H2,1-5H3;/q-1;-2;+3. The third-order valence-electron chi connectivity index (χ3n) is 11.9. The van der Waals surface area contributed by atoms with E-state index in [4.69, 9.17) is 14.4 Å². The van der Waals surface area contributed by atoms with Gasteiger partial charge < -0.3 is 8.98 Å². The van der Waals surface area contributed by atoms with Crippen LogP contribution >= 0.6 is 0 Å². The van der Waals surface area contributed by atoms with Crippen LogP contribution in [0.15, 0.2) is 114 Å². The average Bonchev–Trinajstić information content (AvgIpc) is 3.80. The molecule has 0 aliphatic rings. The van der Waals surface area contributed by atoms with Crippen LogP contribution < -0.4 is 4.40 Å². The predicted octanol–water partition coefficient (Wildman–Crippen LogP) is 15.3. The predicted molar refractivity (Wildman–Crippen MR) is 266 cm³/mol. The minimum atomic E-state index is -1.83. The maximum Gasteiger partial charge on any atom is 3.00 e. The maximum atomic E-state index is 6.57. The van der Waals surface area contributed by atoms with Crippen LogP contribution in [0.5, 0.6) is 0 Å². The molecule has 0 spiro atoms. The van der Waals surface area contributed by atoms with Crippen molar-refractivity contribution >= 4 is 61.5 Å². The Labute approximate surface area is 391 Å². The number of hydrogen-bond donors (Lipinski definition) is 0. The van der Waals surface area contributed by atoms with Crippen LogP contribution in [-0.2, 0) is 26.5 Å². The molecule has 0 amide bonds. The van der Waals surface area contributed by atoms with Gasteiger partial charge in [-0.15, -0.1) is 18.2 Å². The number of benzene rings is 6. The molecule has 6 aromatic carbocycles. The van der Waals surface area contributed by atoms with Crippen molar-refractivity contribution in [1.29, 1.82) is 0 Å². The molecule has 3 heterocycles. The van der Waals surface area contributed by atoms with Crippen molar-refractivity contribution in [3.05, 3.63) is 155 Å². The molecule has 9 aromatic rings. The molecular weight excluding hydrogens is 1010 g/mol. The smallest absolute Gasteiger partial charge is 0.486 e. The van der Waals surface area contributed by atoms with Gasteiger partial charge in [-0.25, -0.2) is 4.98 Å². The molecular formula is C57H60GeIrN3O. The zero-order valence-electron chi connectivity index (χ0n) is 39.0. The van der Waals surface area contributed by atoms with Crippen molar-refractivity contribution in [2.45, 2.75) is 104 Å². The third kappa shape index (κ3) is 9.26. The Bertz CT molecular complexity index is 3060. The Morgan fingerprint density at radius 3 is 2.13 bits per heavy atom. The molecule has 0 aliphatic heterocycles. The summed E-state index contributed by atoms with van der Waals surface area (Å²) in [6.45, 7) is 20.2. The minimum absolute atomic E-state index is 0. The first-order valence-corrected chi connectivity index (χ1v) is 29.8. The molecule has 4 nitrogen and oxygen atoms in total. The molecule has 0 unspecified atom stereocenters. The van der Waals surface area contributed by atoms with E-state index in [-0.39, 0.29) is 20.1 Å². The molecule has 0 saturated carbocycles. The number of fused-ring (bicyclic) bond motifs is 5. The van der Waals surface area contributed by atoms with E-state index in [9.17, 15) is 0 Å². The van der Waals surface area contributed by atoms with Crippen molar-refractivity contribution in [3.63, 3.8) is 0 Å². The Morgan fingerprint density at radius 1 is 0.683 bits per heavy atom.